The molecule has 0 heterocycles. The van der Waals surface area contributed by atoms with Gasteiger partial charge in [0.25, 0.3) is 0 Å². The lowest BCUT2D eigenvalue weighted by molar-refractivity contribution is -0.138. The summed E-state index contributed by atoms with van der Waals surface area (Å²) in [5.74, 6) is -0.325. The summed E-state index contributed by atoms with van der Waals surface area (Å²) in [4.78, 5) is 11.0. The summed E-state index contributed by atoms with van der Waals surface area (Å²) < 4.78 is 4.95. The number of hydrogen-bond donors (Lipinski definition) is 1. The van der Waals surface area contributed by atoms with Crippen molar-refractivity contribution in [1.82, 2.24) is 0 Å². The number of rotatable bonds is 6. The van der Waals surface area contributed by atoms with Crippen molar-refractivity contribution in [2.24, 2.45) is 0 Å². The zero-order chi connectivity index (χ0) is 11.2. The van der Waals surface area contributed by atoms with Crippen LogP contribution >= 0.6 is 0 Å². The first-order valence-corrected chi connectivity index (χ1v) is 8.24. The lowest BCUT2D eigenvalue weighted by Gasteiger charge is -2.18. The molecular weight excluding hydrogens is 196 g/mol. The van der Waals surface area contributed by atoms with Crippen LogP contribution in [0, 0.1) is 0 Å². The number of hydrogen-bond acceptors (Lipinski definition) is 3. The summed E-state index contributed by atoms with van der Waals surface area (Å²) in [6.07, 6.45) is 1.13. The summed E-state index contributed by atoms with van der Waals surface area (Å²) in [6.45, 7) is 9.80. The molecule has 0 rings (SSSR count). The van der Waals surface area contributed by atoms with Crippen LogP contribution < -0.4 is 0 Å². The summed E-state index contributed by atoms with van der Waals surface area (Å²) >= 11 is 0. The van der Waals surface area contributed by atoms with Gasteiger partial charge in [-0.3, -0.25) is 0 Å². The second-order valence-electron chi connectivity index (χ2n) is 4.34. The maximum absolute atomic E-state index is 11.0. The van der Waals surface area contributed by atoms with Gasteiger partial charge in [0.1, 0.15) is 0 Å². The van der Waals surface area contributed by atoms with E-state index in [1.165, 1.54) is 0 Å². The van der Waals surface area contributed by atoms with E-state index in [0.717, 1.165) is 12.5 Å². The Balaban J connectivity index is 3.57. The second-order valence-corrected chi connectivity index (χ2v) is 9.49. The Morgan fingerprint density at radius 3 is 2.50 bits per heavy atom. The minimum Gasteiger partial charge on any atom is -0.462 e. The van der Waals surface area contributed by atoms with Crippen LogP contribution in [0.3, 0.4) is 0 Å². The molecule has 0 saturated carbocycles. The lowest BCUT2D eigenvalue weighted by atomic mass is 10.4. The fraction of sp³-hybridized carbons (Fsp3) is 0.700. The van der Waals surface area contributed by atoms with Crippen molar-refractivity contribution >= 4 is 14.0 Å². The van der Waals surface area contributed by atoms with E-state index in [1.54, 1.807) is 6.92 Å². The first kappa shape index (κ1) is 13.4. The normalized spacial score (nSPS) is 11.1. The number of carbonyl (C=O) groups is 1. The molecule has 0 aliphatic rings. The van der Waals surface area contributed by atoms with E-state index >= 15 is 0 Å². The zero-order valence-corrected chi connectivity index (χ0v) is 10.3. The molecule has 82 valence electrons. The molecule has 0 unspecified atom stereocenters. The van der Waals surface area contributed by atoms with Gasteiger partial charge in [-0.1, -0.05) is 25.7 Å². The Morgan fingerprint density at radius 2 is 2.07 bits per heavy atom. The Kier molecular flexibility index (Phi) is 5.72. The average Bonchev–Trinajstić information content (AvgIpc) is 2.12. The van der Waals surface area contributed by atoms with Crippen LogP contribution in [0.5, 0.6) is 0 Å². The molecule has 0 radical (unpaired) electrons. The molecule has 3 nitrogen and oxygen atoms in total. The lowest BCUT2D eigenvalue weighted by Crippen LogP contribution is -2.31. The Bertz CT molecular complexity index is 211. The molecule has 1 N–H and O–H groups in total. The van der Waals surface area contributed by atoms with Crippen molar-refractivity contribution in [3.05, 3.63) is 12.2 Å². The fourth-order valence-corrected chi connectivity index (χ4v) is 2.18. The Morgan fingerprint density at radius 1 is 1.50 bits per heavy atom. The molecule has 0 bridgehead atoms. The molecule has 0 aromatic carbocycles. The Labute approximate surface area is 86.8 Å². The van der Waals surface area contributed by atoms with Crippen LogP contribution in [-0.4, -0.2) is 32.0 Å². The van der Waals surface area contributed by atoms with Crippen molar-refractivity contribution in [1.29, 1.82) is 0 Å². The highest BCUT2D eigenvalue weighted by atomic mass is 28.3. The molecular formula is C10H20O3Si. The zero-order valence-electron chi connectivity index (χ0n) is 9.30. The number of aliphatic hydroxyl groups is 1. The SMILES string of the molecule is C=C(C)C(=O)OCCC[Si](C)(C)CO. The van der Waals surface area contributed by atoms with Crippen LogP contribution in [0.4, 0.5) is 0 Å². The monoisotopic (exact) mass is 216 g/mol. The van der Waals surface area contributed by atoms with Gasteiger partial charge < -0.3 is 9.84 Å². The van der Waals surface area contributed by atoms with Gasteiger partial charge in [-0.05, 0) is 13.3 Å². The van der Waals surface area contributed by atoms with Gasteiger partial charge in [0.05, 0.1) is 14.7 Å². The topological polar surface area (TPSA) is 46.5 Å². The standard InChI is InChI=1S/C10H20O3Si/c1-9(2)10(12)13-6-5-7-14(3,4)8-11/h11H,1,5-8H2,2-4H3. The second kappa shape index (κ2) is 5.98. The van der Waals surface area contributed by atoms with E-state index in [2.05, 4.69) is 19.7 Å². The van der Waals surface area contributed by atoms with Gasteiger partial charge in [-0.2, -0.15) is 0 Å². The minimum atomic E-state index is -1.43. The van der Waals surface area contributed by atoms with Crippen molar-refractivity contribution in [2.45, 2.75) is 32.5 Å². The summed E-state index contributed by atoms with van der Waals surface area (Å²) in [5.41, 5.74) is 0.434. The minimum absolute atomic E-state index is 0.293. The maximum Gasteiger partial charge on any atom is 0.333 e. The van der Waals surface area contributed by atoms with E-state index < -0.39 is 8.07 Å². The molecule has 4 heteroatoms. The van der Waals surface area contributed by atoms with Crippen molar-refractivity contribution < 1.29 is 14.6 Å². The molecule has 0 amide bonds. The predicted octanol–water partition coefficient (Wildman–Crippen LogP) is 1.74. The highest BCUT2D eigenvalue weighted by Crippen LogP contribution is 2.10. The summed E-state index contributed by atoms with van der Waals surface area (Å²) in [7, 11) is -1.43. The van der Waals surface area contributed by atoms with Gasteiger partial charge in [0.15, 0.2) is 0 Å². The summed E-state index contributed by atoms with van der Waals surface area (Å²) in [6, 6.07) is 0.979. The van der Waals surface area contributed by atoms with Crippen LogP contribution in [0.2, 0.25) is 19.1 Å². The van der Waals surface area contributed by atoms with Gasteiger partial charge in [0.2, 0.25) is 0 Å². The van der Waals surface area contributed by atoms with Gasteiger partial charge in [0, 0.05) is 11.8 Å². The fourth-order valence-electron chi connectivity index (χ4n) is 0.918. The van der Waals surface area contributed by atoms with Crippen LogP contribution in [0.25, 0.3) is 0 Å². The highest BCUT2D eigenvalue weighted by Gasteiger charge is 2.18. The van der Waals surface area contributed by atoms with E-state index in [4.69, 9.17) is 9.84 Å². The highest BCUT2D eigenvalue weighted by molar-refractivity contribution is 6.77. The molecule has 0 atom stereocenters. The molecule has 14 heavy (non-hydrogen) atoms. The van der Waals surface area contributed by atoms with E-state index in [9.17, 15) is 4.79 Å². The van der Waals surface area contributed by atoms with Gasteiger partial charge >= 0.3 is 5.97 Å². The van der Waals surface area contributed by atoms with Crippen molar-refractivity contribution in [3.63, 3.8) is 0 Å². The van der Waals surface area contributed by atoms with Crippen molar-refractivity contribution in [3.8, 4) is 0 Å². The first-order chi connectivity index (χ1) is 6.39. The summed E-state index contributed by atoms with van der Waals surface area (Å²) in [5, 5.41) is 9.03. The molecule has 0 spiro atoms. The van der Waals surface area contributed by atoms with Crippen LogP contribution in [-0.2, 0) is 9.53 Å². The van der Waals surface area contributed by atoms with Crippen molar-refractivity contribution in [2.75, 3.05) is 12.8 Å². The first-order valence-electron chi connectivity index (χ1n) is 4.82. The van der Waals surface area contributed by atoms with E-state index in [0.29, 0.717) is 18.4 Å². The number of carbonyl (C=O) groups excluding carboxylic acids is 1. The molecule has 0 saturated heterocycles. The van der Waals surface area contributed by atoms with Crippen LogP contribution in [0.15, 0.2) is 12.2 Å². The molecule has 0 aromatic heterocycles. The third-order valence-corrected chi connectivity index (χ3v) is 4.57. The quantitative estimate of drug-likeness (QED) is 0.318. The smallest absolute Gasteiger partial charge is 0.333 e. The predicted molar refractivity (Wildman–Crippen MR) is 59.8 cm³/mol. The Hall–Kier alpha value is -0.613. The molecule has 0 fully saturated rings. The largest absolute Gasteiger partial charge is 0.462 e. The van der Waals surface area contributed by atoms with E-state index in [1.807, 2.05) is 0 Å². The van der Waals surface area contributed by atoms with E-state index in [-0.39, 0.29) is 5.97 Å². The number of aliphatic hydroxyl groups excluding tert-OH is 1. The van der Waals surface area contributed by atoms with Crippen LogP contribution in [0.1, 0.15) is 13.3 Å². The number of esters is 1. The molecule has 0 aromatic rings. The third kappa shape index (κ3) is 5.94. The molecule has 0 aliphatic heterocycles. The average molecular weight is 216 g/mol. The molecule has 0 aliphatic carbocycles. The van der Waals surface area contributed by atoms with Gasteiger partial charge in [-0.25, -0.2) is 4.79 Å². The third-order valence-electron chi connectivity index (χ3n) is 2.01. The number of ether oxygens (including phenoxy) is 1. The maximum atomic E-state index is 11.0. The van der Waals surface area contributed by atoms with Gasteiger partial charge in [-0.15, -0.1) is 0 Å².